The Morgan fingerprint density at radius 1 is 1.29 bits per heavy atom. The van der Waals surface area contributed by atoms with E-state index in [0.29, 0.717) is 0 Å². The van der Waals surface area contributed by atoms with Gasteiger partial charge in [-0.2, -0.15) is 0 Å². The highest BCUT2D eigenvalue weighted by molar-refractivity contribution is 7.92. The molecule has 0 heterocycles. The van der Waals surface area contributed by atoms with Crippen molar-refractivity contribution in [3.63, 3.8) is 0 Å². The maximum absolute atomic E-state index is 11.7. The quantitative estimate of drug-likeness (QED) is 0.531. The van der Waals surface area contributed by atoms with Gasteiger partial charge in [-0.15, -0.1) is 0 Å². The molecule has 0 bridgehead atoms. The Morgan fingerprint density at radius 3 is 2.12 bits per heavy atom. The smallest absolute Gasteiger partial charge is 0.269 e. The lowest BCUT2D eigenvalue weighted by molar-refractivity contribution is -0.384. The number of non-ortho nitro benzene ring substituents is 1. The van der Waals surface area contributed by atoms with Crippen molar-refractivity contribution in [1.29, 1.82) is 0 Å². The lowest BCUT2D eigenvalue weighted by atomic mass is 10.3. The zero-order chi connectivity index (χ0) is 13.2. The van der Waals surface area contributed by atoms with Crippen molar-refractivity contribution in [1.82, 2.24) is 0 Å². The fourth-order valence-electron chi connectivity index (χ4n) is 1.09. The molecule has 0 aliphatic rings. The Hall–Kier alpha value is -1.96. The molecule has 0 saturated heterocycles. The summed E-state index contributed by atoms with van der Waals surface area (Å²) in [6.07, 6.45) is 0. The van der Waals surface area contributed by atoms with E-state index in [1.807, 2.05) is 0 Å². The molecule has 0 aromatic heterocycles. The number of nitro benzene ring substituents is 1. The van der Waals surface area contributed by atoms with E-state index in [0.717, 1.165) is 31.2 Å². The van der Waals surface area contributed by atoms with E-state index in [4.69, 9.17) is 0 Å². The minimum absolute atomic E-state index is 0.273. The zero-order valence-corrected chi connectivity index (χ0v) is 9.51. The highest BCUT2D eigenvalue weighted by Gasteiger charge is 2.24. The summed E-state index contributed by atoms with van der Waals surface area (Å²) in [6, 6.07) is 3.98. The van der Waals surface area contributed by atoms with Crippen LogP contribution in [0.4, 0.5) is 5.69 Å². The van der Waals surface area contributed by atoms with Crippen LogP contribution in [0.25, 0.3) is 0 Å². The van der Waals surface area contributed by atoms with Crippen LogP contribution < -0.4 is 5.11 Å². The van der Waals surface area contributed by atoms with Crippen molar-refractivity contribution in [2.24, 2.45) is 0 Å². The molecule has 92 valence electrons. The van der Waals surface area contributed by atoms with Crippen LogP contribution in [0.15, 0.2) is 29.2 Å². The predicted octanol–water partition coefficient (Wildman–Crippen LogP) is -0.493. The van der Waals surface area contributed by atoms with Crippen molar-refractivity contribution < 1.29 is 23.2 Å². The van der Waals surface area contributed by atoms with Gasteiger partial charge in [-0.1, -0.05) is 0 Å². The summed E-state index contributed by atoms with van der Waals surface area (Å²) in [5.74, 6) is -1.72. The van der Waals surface area contributed by atoms with Crippen molar-refractivity contribution in [3.05, 3.63) is 34.4 Å². The number of rotatable bonds is 4. The number of carboxylic acids is 1. The maximum Gasteiger partial charge on any atom is 0.269 e. The molecule has 0 unspecified atom stereocenters. The average molecular weight is 258 g/mol. The third kappa shape index (κ3) is 2.59. The number of nitrogens with zero attached hydrogens (tertiary/aromatic N) is 1. The predicted molar refractivity (Wildman–Crippen MR) is 54.8 cm³/mol. The third-order valence-corrected chi connectivity index (χ3v) is 4.23. The van der Waals surface area contributed by atoms with E-state index in [-0.39, 0.29) is 10.6 Å². The number of sulfone groups is 1. The van der Waals surface area contributed by atoms with Gasteiger partial charge in [0.1, 0.15) is 5.25 Å². The van der Waals surface area contributed by atoms with Crippen LogP contribution in [-0.4, -0.2) is 24.6 Å². The van der Waals surface area contributed by atoms with Crippen LogP contribution in [0, 0.1) is 10.1 Å². The minimum atomic E-state index is -4.07. The van der Waals surface area contributed by atoms with Crippen molar-refractivity contribution in [3.8, 4) is 0 Å². The van der Waals surface area contributed by atoms with Crippen LogP contribution in [0.2, 0.25) is 0 Å². The van der Waals surface area contributed by atoms with Gasteiger partial charge < -0.3 is 9.90 Å². The molecular weight excluding hydrogens is 250 g/mol. The first-order valence-corrected chi connectivity index (χ1v) is 6.00. The highest BCUT2D eigenvalue weighted by Crippen LogP contribution is 2.19. The number of carbonyl (C=O) groups is 1. The average Bonchev–Trinajstić information content (AvgIpc) is 2.27. The standard InChI is InChI=1S/C9H9NO6S/c1-6(9(11)12)17(15,16)8-4-2-7(3-5-8)10(13)14/h2-6H,1H3,(H,11,12)/p-1/t6-/m1/s1. The first-order chi connectivity index (χ1) is 7.76. The number of carboxylic acid groups (broad SMARTS) is 1. The molecule has 0 radical (unpaired) electrons. The van der Waals surface area contributed by atoms with E-state index >= 15 is 0 Å². The fraction of sp³-hybridized carbons (Fsp3) is 0.222. The van der Waals surface area contributed by atoms with Gasteiger partial charge in [0.25, 0.3) is 5.69 Å². The van der Waals surface area contributed by atoms with Crippen molar-refractivity contribution in [2.45, 2.75) is 17.1 Å². The molecule has 0 spiro atoms. The van der Waals surface area contributed by atoms with E-state index < -0.39 is 26.0 Å². The first kappa shape index (κ1) is 13.1. The van der Waals surface area contributed by atoms with E-state index in [1.165, 1.54) is 0 Å². The molecule has 17 heavy (non-hydrogen) atoms. The molecule has 0 fully saturated rings. The van der Waals surface area contributed by atoms with Crippen molar-refractivity contribution >= 4 is 21.5 Å². The number of hydrogen-bond donors (Lipinski definition) is 0. The Kier molecular flexibility index (Phi) is 3.47. The molecule has 1 rings (SSSR count). The molecule has 0 aliphatic heterocycles. The molecule has 0 N–H and O–H groups in total. The van der Waals surface area contributed by atoms with Crippen LogP contribution >= 0.6 is 0 Å². The number of hydrogen-bond acceptors (Lipinski definition) is 6. The lowest BCUT2D eigenvalue weighted by Gasteiger charge is -2.13. The minimum Gasteiger partial charge on any atom is -0.549 e. The van der Waals surface area contributed by atoms with E-state index in [2.05, 4.69) is 0 Å². The largest absolute Gasteiger partial charge is 0.549 e. The maximum atomic E-state index is 11.7. The zero-order valence-electron chi connectivity index (χ0n) is 8.69. The SMILES string of the molecule is C[C@H](C(=O)[O-])S(=O)(=O)c1ccc([N+](=O)[O-])cc1. The van der Waals surface area contributed by atoms with Crippen LogP contribution in [0.5, 0.6) is 0 Å². The number of aliphatic carboxylic acids is 1. The Balaban J connectivity index is 3.17. The lowest BCUT2D eigenvalue weighted by Crippen LogP contribution is -2.38. The normalized spacial score (nSPS) is 13.0. The summed E-state index contributed by atoms with van der Waals surface area (Å²) < 4.78 is 23.3. The van der Waals surface area contributed by atoms with Gasteiger partial charge >= 0.3 is 0 Å². The molecule has 0 saturated carbocycles. The summed E-state index contributed by atoms with van der Waals surface area (Å²) >= 11 is 0. The molecule has 1 aromatic rings. The van der Waals surface area contributed by atoms with Gasteiger partial charge in [-0.25, -0.2) is 8.42 Å². The summed E-state index contributed by atoms with van der Waals surface area (Å²) in [5, 5.41) is 19.1. The van der Waals surface area contributed by atoms with Gasteiger partial charge in [0, 0.05) is 12.1 Å². The van der Waals surface area contributed by atoms with Crippen LogP contribution in [-0.2, 0) is 14.6 Å². The summed E-state index contributed by atoms with van der Waals surface area (Å²) in [4.78, 5) is 19.9. The number of nitro groups is 1. The van der Waals surface area contributed by atoms with Crippen molar-refractivity contribution in [2.75, 3.05) is 0 Å². The molecular formula is C9H8NO6S-. The molecule has 8 heteroatoms. The number of carbonyl (C=O) groups excluding carboxylic acids is 1. The fourth-order valence-corrected chi connectivity index (χ4v) is 2.27. The molecule has 1 atom stereocenters. The second-order valence-electron chi connectivity index (χ2n) is 3.26. The van der Waals surface area contributed by atoms with Gasteiger partial charge in [0.15, 0.2) is 9.84 Å². The van der Waals surface area contributed by atoms with Gasteiger partial charge in [0.2, 0.25) is 0 Å². The number of benzene rings is 1. The molecule has 1 aromatic carbocycles. The van der Waals surface area contributed by atoms with Gasteiger partial charge in [0.05, 0.1) is 15.8 Å². The van der Waals surface area contributed by atoms with E-state index in [1.54, 1.807) is 0 Å². The second kappa shape index (κ2) is 4.50. The van der Waals surface area contributed by atoms with Crippen LogP contribution in [0.3, 0.4) is 0 Å². The van der Waals surface area contributed by atoms with Crippen LogP contribution in [0.1, 0.15) is 6.92 Å². The molecule has 7 nitrogen and oxygen atoms in total. The summed E-state index contributed by atoms with van der Waals surface area (Å²) in [7, 11) is -4.07. The van der Waals surface area contributed by atoms with Gasteiger partial charge in [-0.3, -0.25) is 10.1 Å². The Labute approximate surface area is 96.8 Å². The monoisotopic (exact) mass is 258 g/mol. The highest BCUT2D eigenvalue weighted by atomic mass is 32.2. The van der Waals surface area contributed by atoms with E-state index in [9.17, 15) is 28.4 Å². The Morgan fingerprint density at radius 2 is 1.76 bits per heavy atom. The molecule has 0 aliphatic carbocycles. The second-order valence-corrected chi connectivity index (χ2v) is 5.53. The summed E-state index contributed by atoms with van der Waals surface area (Å²) in [6.45, 7) is 0.978. The first-order valence-electron chi connectivity index (χ1n) is 4.46. The topological polar surface area (TPSA) is 117 Å². The molecule has 0 amide bonds. The summed E-state index contributed by atoms with van der Waals surface area (Å²) in [5.41, 5.74) is -0.273. The Bertz CT molecular complexity index is 547. The van der Waals surface area contributed by atoms with Gasteiger partial charge in [-0.05, 0) is 19.1 Å². The third-order valence-electron chi connectivity index (χ3n) is 2.17.